The number of alkyl halides is 6. The number of halogens is 6. The highest BCUT2D eigenvalue weighted by Crippen LogP contribution is 2.45. The molecule has 22 heavy (non-hydrogen) atoms. The molecule has 0 aromatic heterocycles. The van der Waals surface area contributed by atoms with Gasteiger partial charge in [0.2, 0.25) is 0 Å². The van der Waals surface area contributed by atoms with Crippen LogP contribution in [0, 0.1) is 0 Å². The van der Waals surface area contributed by atoms with Gasteiger partial charge in [-0.15, -0.1) is 13.2 Å². The van der Waals surface area contributed by atoms with E-state index in [0.717, 1.165) is 12.1 Å². The Balaban J connectivity index is 3.14. The van der Waals surface area contributed by atoms with Crippen LogP contribution in [-0.4, -0.2) is 22.2 Å². The molecule has 1 aromatic rings. The van der Waals surface area contributed by atoms with Crippen molar-refractivity contribution in [1.29, 1.82) is 0 Å². The molecule has 0 spiro atoms. The van der Waals surface area contributed by atoms with Crippen molar-refractivity contribution in [3.8, 4) is 0 Å². The molecule has 1 N–H and O–H groups in total. The van der Waals surface area contributed by atoms with E-state index in [-0.39, 0.29) is 15.9 Å². The number of anilines is 1. The fourth-order valence-corrected chi connectivity index (χ4v) is 2.42. The molecule has 1 aromatic carbocycles. The highest BCUT2D eigenvalue weighted by molar-refractivity contribution is 8.04. The van der Waals surface area contributed by atoms with Crippen molar-refractivity contribution in [2.24, 2.45) is 0 Å². The molecule has 3 nitrogen and oxygen atoms in total. The van der Waals surface area contributed by atoms with Crippen molar-refractivity contribution in [2.75, 3.05) is 4.31 Å². The van der Waals surface area contributed by atoms with Crippen LogP contribution in [0.5, 0.6) is 0 Å². The quantitative estimate of drug-likeness (QED) is 0.343. The zero-order valence-corrected chi connectivity index (χ0v) is 13.7. The largest absolute Gasteiger partial charge is 0.495 e. The van der Waals surface area contributed by atoms with Crippen LogP contribution >= 0.6 is 35.1 Å². The molecule has 1 rings (SSSR count). The number of rotatable bonds is 5. The molecule has 0 atom stereocenters. The van der Waals surface area contributed by atoms with Crippen molar-refractivity contribution in [3.05, 3.63) is 29.8 Å². The van der Waals surface area contributed by atoms with Gasteiger partial charge in [-0.3, -0.25) is 4.79 Å². The van der Waals surface area contributed by atoms with Gasteiger partial charge in [0.25, 0.3) is 5.91 Å². The van der Waals surface area contributed by atoms with Crippen molar-refractivity contribution >= 4 is 46.7 Å². The van der Waals surface area contributed by atoms with Crippen LogP contribution < -0.4 is 9.62 Å². The first-order chi connectivity index (χ1) is 9.90. The van der Waals surface area contributed by atoms with Gasteiger partial charge in [-0.25, -0.2) is 4.31 Å². The highest BCUT2D eigenvalue weighted by Gasteiger charge is 2.44. The first kappa shape index (κ1) is 19.2. The molecule has 0 saturated carbocycles. The van der Waals surface area contributed by atoms with Crippen molar-refractivity contribution < 1.29 is 22.4 Å². The van der Waals surface area contributed by atoms with Gasteiger partial charge in [-0.05, 0) is 32.0 Å². The Morgan fingerprint density at radius 2 is 1.86 bits per heavy atom. The Kier molecular flexibility index (Phi) is 6.23. The summed E-state index contributed by atoms with van der Waals surface area (Å²) in [6.07, 6.45) is -4.95. The summed E-state index contributed by atoms with van der Waals surface area (Å²) in [5, 5.41) is 2.54. The zero-order chi connectivity index (χ0) is 17.1. The maximum absolute atomic E-state index is 13.2. The molecular weight excluding hydrogens is 367 g/mol. The summed E-state index contributed by atoms with van der Waals surface area (Å²) in [4.78, 5) is 11.8. The molecule has 0 bridgehead atoms. The van der Waals surface area contributed by atoms with E-state index in [1.165, 1.54) is 12.1 Å². The van der Waals surface area contributed by atoms with Crippen molar-refractivity contribution in [1.82, 2.24) is 5.32 Å². The molecule has 1 amide bonds. The number of hydrogen-bond acceptors (Lipinski definition) is 3. The minimum atomic E-state index is -4.95. The Morgan fingerprint density at radius 1 is 1.27 bits per heavy atom. The first-order valence-corrected chi connectivity index (χ1v) is 7.47. The third kappa shape index (κ3) is 6.10. The lowest BCUT2D eigenvalue weighted by Crippen LogP contribution is -2.35. The highest BCUT2D eigenvalue weighted by atomic mass is 35.5. The van der Waals surface area contributed by atoms with E-state index in [0.29, 0.717) is 0 Å². The second-order valence-corrected chi connectivity index (χ2v) is 7.27. The molecule has 0 fully saturated rings. The Labute approximate surface area is 139 Å². The van der Waals surface area contributed by atoms with Crippen LogP contribution in [0.25, 0.3) is 0 Å². The molecule has 124 valence electrons. The standard InChI is InChI=1S/C12H12Cl2F4N2OS/c1-7(2)19-10(21)8-4-3-5-9(6-8)20(12(16,17)18)22-11(13,14)15/h3-7H,1-2H3,(H,19,21). The lowest BCUT2D eigenvalue weighted by Gasteiger charge is -2.27. The second-order valence-electron chi connectivity index (χ2n) is 4.48. The van der Waals surface area contributed by atoms with E-state index in [1.807, 2.05) is 0 Å². The molecular formula is C12H12Cl2F4N2OS. The molecule has 0 aliphatic carbocycles. The minimum Gasteiger partial charge on any atom is -0.350 e. The van der Waals surface area contributed by atoms with Crippen LogP contribution in [0.15, 0.2) is 24.3 Å². The normalized spacial score (nSPS) is 12.4. The van der Waals surface area contributed by atoms with Gasteiger partial charge in [0.1, 0.15) is 0 Å². The predicted molar refractivity (Wildman–Crippen MR) is 80.7 cm³/mol. The van der Waals surface area contributed by atoms with Gasteiger partial charge in [-0.2, -0.15) is 4.39 Å². The van der Waals surface area contributed by atoms with E-state index in [4.69, 9.17) is 23.2 Å². The van der Waals surface area contributed by atoms with E-state index >= 15 is 0 Å². The van der Waals surface area contributed by atoms with E-state index in [2.05, 4.69) is 5.32 Å². The summed E-state index contributed by atoms with van der Waals surface area (Å²) >= 11 is 9.53. The van der Waals surface area contributed by atoms with E-state index in [9.17, 15) is 22.4 Å². The van der Waals surface area contributed by atoms with E-state index in [1.54, 1.807) is 13.8 Å². The summed E-state index contributed by atoms with van der Waals surface area (Å²) in [7, 11) is 0. The molecule has 10 heteroatoms. The average molecular weight is 379 g/mol. The first-order valence-electron chi connectivity index (χ1n) is 5.94. The SMILES string of the molecule is CC(C)NC(=O)c1cccc(N(SC(F)(Cl)Cl)C(F)(F)F)c1. The average Bonchev–Trinajstić information content (AvgIpc) is 2.33. The van der Waals surface area contributed by atoms with Crippen LogP contribution in [0.3, 0.4) is 0 Å². The van der Waals surface area contributed by atoms with E-state index < -0.39 is 33.8 Å². The predicted octanol–water partition coefficient (Wildman–Crippen LogP) is 4.86. The topological polar surface area (TPSA) is 32.3 Å². The number of nitrogens with one attached hydrogen (secondary N) is 1. The van der Waals surface area contributed by atoms with Crippen LogP contribution in [0.4, 0.5) is 23.2 Å². The summed E-state index contributed by atoms with van der Waals surface area (Å²) in [6.45, 7) is 3.41. The third-order valence-corrected chi connectivity index (χ3v) is 3.41. The van der Waals surface area contributed by atoms with Gasteiger partial charge in [0.15, 0.2) is 0 Å². The van der Waals surface area contributed by atoms with Gasteiger partial charge in [-0.1, -0.05) is 29.3 Å². The summed E-state index contributed by atoms with van der Waals surface area (Å²) in [5.41, 5.74) is -0.480. The maximum Gasteiger partial charge on any atom is 0.495 e. The van der Waals surface area contributed by atoms with Crippen LogP contribution in [0.2, 0.25) is 0 Å². The van der Waals surface area contributed by atoms with Crippen molar-refractivity contribution in [3.63, 3.8) is 0 Å². The van der Waals surface area contributed by atoms with Crippen molar-refractivity contribution in [2.45, 2.75) is 30.1 Å². The van der Waals surface area contributed by atoms with Gasteiger partial charge < -0.3 is 5.32 Å². The Hall–Kier alpha value is -0.860. The minimum absolute atomic E-state index is 0.00495. The fraction of sp³-hybridized carbons (Fsp3) is 0.417. The molecule has 0 heterocycles. The molecule has 0 saturated heterocycles. The number of carbonyl (C=O) groups excluding carboxylic acids is 1. The van der Waals surface area contributed by atoms with Crippen LogP contribution in [0.1, 0.15) is 24.2 Å². The monoisotopic (exact) mass is 378 g/mol. The van der Waals surface area contributed by atoms with Crippen LogP contribution in [-0.2, 0) is 0 Å². The number of nitrogens with zero attached hydrogens (tertiary/aromatic N) is 1. The number of amides is 1. The summed E-state index contributed by atoms with van der Waals surface area (Å²) < 4.78 is 48.6. The molecule has 0 unspecified atom stereocenters. The Morgan fingerprint density at radius 3 is 2.32 bits per heavy atom. The second kappa shape index (κ2) is 7.14. The summed E-state index contributed by atoms with van der Waals surface area (Å²) in [5.74, 6) is -0.549. The number of benzene rings is 1. The lowest BCUT2D eigenvalue weighted by molar-refractivity contribution is -0.114. The number of hydrogen-bond donors (Lipinski definition) is 1. The molecule has 0 radical (unpaired) electrons. The maximum atomic E-state index is 13.2. The summed E-state index contributed by atoms with van der Waals surface area (Å²) in [6, 6.07) is 4.43. The van der Waals surface area contributed by atoms with Gasteiger partial charge >= 0.3 is 10.2 Å². The zero-order valence-electron chi connectivity index (χ0n) is 11.4. The Bertz CT molecular complexity index is 535. The fourth-order valence-electron chi connectivity index (χ4n) is 1.47. The smallest absolute Gasteiger partial charge is 0.350 e. The number of carbonyl (C=O) groups is 1. The lowest BCUT2D eigenvalue weighted by atomic mass is 10.2. The third-order valence-electron chi connectivity index (χ3n) is 2.19. The molecule has 0 aliphatic rings. The molecule has 0 aliphatic heterocycles. The van der Waals surface area contributed by atoms with Gasteiger partial charge in [0, 0.05) is 23.6 Å². The van der Waals surface area contributed by atoms with Gasteiger partial charge in [0.05, 0.1) is 5.69 Å².